The molecule has 3 N–H and O–H groups in total. The smallest absolute Gasteiger partial charge is 0.306 e. The molecule has 0 saturated heterocycles. The highest BCUT2D eigenvalue weighted by atomic mass is 16.4. The highest BCUT2D eigenvalue weighted by Crippen LogP contribution is 2.32. The van der Waals surface area contributed by atoms with Crippen LogP contribution in [0.25, 0.3) is 22.8 Å². The predicted octanol–water partition coefficient (Wildman–Crippen LogP) is 3.97. The molecule has 148 valence electrons. The Bertz CT molecular complexity index is 1020. The van der Waals surface area contributed by atoms with E-state index in [1.54, 1.807) is 0 Å². The number of carboxylic acids is 1. The molecule has 1 aliphatic carbocycles. The normalized spacial score (nSPS) is 18.9. The number of carboxylic acid groups (broad SMARTS) is 1. The summed E-state index contributed by atoms with van der Waals surface area (Å²) in [6.45, 7) is 0. The number of hydrogen-bond donors (Lipinski definition) is 3. The third kappa shape index (κ3) is 4.18. The van der Waals surface area contributed by atoms with Crippen LogP contribution in [0.4, 0.5) is 5.69 Å². The van der Waals surface area contributed by atoms with Crippen molar-refractivity contribution in [1.82, 2.24) is 15.2 Å². The zero-order chi connectivity index (χ0) is 20.2. The quantitative estimate of drug-likeness (QED) is 0.611. The first kappa shape index (κ1) is 18.9. The van der Waals surface area contributed by atoms with Gasteiger partial charge in [-0.25, -0.2) is 4.98 Å². The first-order chi connectivity index (χ1) is 14.1. The van der Waals surface area contributed by atoms with E-state index in [9.17, 15) is 14.7 Å². The van der Waals surface area contributed by atoms with Crippen molar-refractivity contribution in [3.05, 3.63) is 54.6 Å². The number of H-pyrrole nitrogens is 1. The molecule has 0 aliphatic heterocycles. The van der Waals surface area contributed by atoms with Crippen molar-refractivity contribution in [2.45, 2.75) is 25.7 Å². The summed E-state index contributed by atoms with van der Waals surface area (Å²) >= 11 is 0. The summed E-state index contributed by atoms with van der Waals surface area (Å²) in [4.78, 5) is 28.7. The molecule has 1 heterocycles. The van der Waals surface area contributed by atoms with E-state index in [1.165, 1.54) is 0 Å². The van der Waals surface area contributed by atoms with Crippen molar-refractivity contribution >= 4 is 17.6 Å². The Hall–Kier alpha value is -3.48. The van der Waals surface area contributed by atoms with Crippen molar-refractivity contribution in [1.29, 1.82) is 0 Å². The fourth-order valence-electron chi connectivity index (χ4n) is 3.78. The molecule has 2 atom stereocenters. The minimum Gasteiger partial charge on any atom is -0.481 e. The monoisotopic (exact) mass is 390 g/mol. The first-order valence-electron chi connectivity index (χ1n) is 9.72. The number of rotatable bonds is 5. The van der Waals surface area contributed by atoms with E-state index in [1.807, 2.05) is 54.6 Å². The molecule has 1 amide bonds. The van der Waals surface area contributed by atoms with Gasteiger partial charge < -0.3 is 10.4 Å². The molecule has 7 nitrogen and oxygen atoms in total. The Labute approximate surface area is 168 Å². The van der Waals surface area contributed by atoms with Gasteiger partial charge in [-0.1, -0.05) is 48.9 Å². The number of amides is 1. The molecule has 0 bridgehead atoms. The summed E-state index contributed by atoms with van der Waals surface area (Å²) in [5.41, 5.74) is 2.27. The summed E-state index contributed by atoms with van der Waals surface area (Å²) < 4.78 is 0. The predicted molar refractivity (Wildman–Crippen MR) is 109 cm³/mol. The molecule has 3 aromatic rings. The van der Waals surface area contributed by atoms with E-state index in [0.717, 1.165) is 17.5 Å². The lowest BCUT2D eigenvalue weighted by molar-refractivity contribution is -0.143. The van der Waals surface area contributed by atoms with Crippen LogP contribution in [-0.2, 0) is 9.59 Å². The summed E-state index contributed by atoms with van der Waals surface area (Å²) in [7, 11) is 0. The highest BCUT2D eigenvalue weighted by Gasteiger charge is 2.31. The van der Waals surface area contributed by atoms with E-state index in [4.69, 9.17) is 0 Å². The van der Waals surface area contributed by atoms with Gasteiger partial charge in [-0.05, 0) is 31.4 Å². The van der Waals surface area contributed by atoms with E-state index < -0.39 is 11.9 Å². The maximum atomic E-state index is 12.8. The largest absolute Gasteiger partial charge is 0.481 e. The number of aliphatic carboxylic acids is 1. The van der Waals surface area contributed by atoms with Gasteiger partial charge in [0, 0.05) is 17.0 Å². The van der Waals surface area contributed by atoms with Crippen molar-refractivity contribution in [3.8, 4) is 22.8 Å². The van der Waals surface area contributed by atoms with Crippen molar-refractivity contribution in [2.24, 2.45) is 11.8 Å². The van der Waals surface area contributed by atoms with Crippen molar-refractivity contribution in [3.63, 3.8) is 0 Å². The van der Waals surface area contributed by atoms with Gasteiger partial charge in [0.05, 0.1) is 11.6 Å². The second-order valence-corrected chi connectivity index (χ2v) is 7.31. The Morgan fingerprint density at radius 1 is 1.00 bits per heavy atom. The third-order valence-corrected chi connectivity index (χ3v) is 5.35. The molecule has 1 aromatic heterocycles. The third-order valence-electron chi connectivity index (χ3n) is 5.35. The Morgan fingerprint density at radius 2 is 1.72 bits per heavy atom. The second kappa shape index (κ2) is 8.26. The van der Waals surface area contributed by atoms with Crippen LogP contribution in [0.5, 0.6) is 0 Å². The van der Waals surface area contributed by atoms with Crippen LogP contribution in [0, 0.1) is 11.8 Å². The molecule has 2 unspecified atom stereocenters. The Kier molecular flexibility index (Phi) is 5.37. The SMILES string of the molecule is O=C(O)C1CCCC(C(=O)Nc2ccccc2-c2nc(-c3ccccc3)n[nH]2)C1. The van der Waals surface area contributed by atoms with Crippen LogP contribution < -0.4 is 5.32 Å². The van der Waals surface area contributed by atoms with Gasteiger partial charge in [-0.15, -0.1) is 0 Å². The summed E-state index contributed by atoms with van der Waals surface area (Å²) in [6.07, 6.45) is 2.47. The first-order valence-corrected chi connectivity index (χ1v) is 9.72. The fourth-order valence-corrected chi connectivity index (χ4v) is 3.78. The average Bonchev–Trinajstić information content (AvgIpc) is 3.25. The lowest BCUT2D eigenvalue weighted by atomic mass is 9.81. The summed E-state index contributed by atoms with van der Waals surface area (Å²) in [6, 6.07) is 17.0. The fraction of sp³-hybridized carbons (Fsp3) is 0.273. The molecular weight excluding hydrogens is 368 g/mol. The molecule has 7 heteroatoms. The van der Waals surface area contributed by atoms with Gasteiger partial charge in [0.1, 0.15) is 0 Å². The highest BCUT2D eigenvalue weighted by molar-refractivity contribution is 5.96. The minimum absolute atomic E-state index is 0.147. The summed E-state index contributed by atoms with van der Waals surface area (Å²) in [5.74, 6) is -0.570. The maximum Gasteiger partial charge on any atom is 0.306 e. The van der Waals surface area contributed by atoms with Gasteiger partial charge in [0.2, 0.25) is 5.91 Å². The number of para-hydroxylation sites is 1. The van der Waals surface area contributed by atoms with Crippen LogP contribution in [0.15, 0.2) is 54.6 Å². The molecule has 0 spiro atoms. The standard InChI is InChI=1S/C22H22N4O3/c27-21(15-9-6-10-16(13-15)22(28)29)23-18-12-5-4-11-17(18)20-24-19(25-26-20)14-7-2-1-3-8-14/h1-5,7-8,11-12,15-16H,6,9-10,13H2,(H,23,27)(H,28,29)(H,24,25,26). The van der Waals surface area contributed by atoms with Gasteiger partial charge >= 0.3 is 5.97 Å². The number of benzene rings is 2. The van der Waals surface area contributed by atoms with Gasteiger partial charge in [0.15, 0.2) is 11.6 Å². The van der Waals surface area contributed by atoms with Gasteiger partial charge in [-0.3, -0.25) is 14.7 Å². The van der Waals surface area contributed by atoms with Gasteiger partial charge in [-0.2, -0.15) is 5.10 Å². The second-order valence-electron chi connectivity index (χ2n) is 7.31. The average molecular weight is 390 g/mol. The molecule has 1 aliphatic rings. The Balaban J connectivity index is 1.54. The number of nitrogens with one attached hydrogen (secondary N) is 2. The number of aromatic nitrogens is 3. The number of carbonyl (C=O) groups excluding carboxylic acids is 1. The summed E-state index contributed by atoms with van der Waals surface area (Å²) in [5, 5.41) is 19.5. The zero-order valence-corrected chi connectivity index (χ0v) is 15.8. The van der Waals surface area contributed by atoms with Crippen molar-refractivity contribution < 1.29 is 14.7 Å². The van der Waals surface area contributed by atoms with Crippen LogP contribution in [0.1, 0.15) is 25.7 Å². The minimum atomic E-state index is -0.821. The molecule has 29 heavy (non-hydrogen) atoms. The number of carbonyl (C=O) groups is 2. The lowest BCUT2D eigenvalue weighted by Crippen LogP contribution is -2.31. The van der Waals surface area contributed by atoms with Crippen LogP contribution >= 0.6 is 0 Å². The van der Waals surface area contributed by atoms with E-state index >= 15 is 0 Å². The van der Waals surface area contributed by atoms with E-state index in [0.29, 0.717) is 36.6 Å². The van der Waals surface area contributed by atoms with Crippen LogP contribution in [0.3, 0.4) is 0 Å². The van der Waals surface area contributed by atoms with E-state index in [-0.39, 0.29) is 11.8 Å². The van der Waals surface area contributed by atoms with Gasteiger partial charge in [0.25, 0.3) is 0 Å². The molecule has 4 rings (SSSR count). The lowest BCUT2D eigenvalue weighted by Gasteiger charge is -2.26. The molecule has 1 saturated carbocycles. The molecule has 1 fully saturated rings. The number of anilines is 1. The number of aromatic amines is 1. The topological polar surface area (TPSA) is 108 Å². The van der Waals surface area contributed by atoms with Crippen molar-refractivity contribution in [2.75, 3.05) is 5.32 Å². The van der Waals surface area contributed by atoms with Crippen LogP contribution in [-0.4, -0.2) is 32.2 Å². The molecular formula is C22H22N4O3. The van der Waals surface area contributed by atoms with E-state index in [2.05, 4.69) is 20.5 Å². The number of hydrogen-bond acceptors (Lipinski definition) is 4. The zero-order valence-electron chi connectivity index (χ0n) is 15.8. The molecule has 0 radical (unpaired) electrons. The maximum absolute atomic E-state index is 12.8. The molecule has 2 aromatic carbocycles. The number of nitrogens with zero attached hydrogens (tertiary/aromatic N) is 2. The Morgan fingerprint density at radius 3 is 2.52 bits per heavy atom. The van der Waals surface area contributed by atoms with Crippen LogP contribution in [0.2, 0.25) is 0 Å².